The van der Waals surface area contributed by atoms with Crippen LogP contribution in [-0.4, -0.2) is 34.4 Å². The number of anilines is 1. The smallest absolute Gasteiger partial charge is 0.262 e. The molecule has 7 nitrogen and oxygen atoms in total. The molecule has 156 valence electrons. The minimum absolute atomic E-state index is 0.233. The Balaban J connectivity index is 2.06. The summed E-state index contributed by atoms with van der Waals surface area (Å²) in [6.07, 6.45) is 0.856. The number of ether oxygens (including phenoxy) is 2. The lowest BCUT2D eigenvalue weighted by Gasteiger charge is -2.30. The molecule has 1 saturated carbocycles. The van der Waals surface area contributed by atoms with Crippen LogP contribution in [-0.2, 0) is 16.1 Å². The standard InChI is InChI=1S/C18H17BrCl2N2O5S/c1-22-17(24)18(5-6-18)23(29(25)26)14-9-11(3-4-15(14)27-2)28-16-12(20)7-10(19)8-13(16)21/h3-4,7-9H,5-6H2,1-2H3,(H,22,24)(H,25,26). The lowest BCUT2D eigenvalue weighted by molar-refractivity contribution is -0.122. The summed E-state index contributed by atoms with van der Waals surface area (Å²) in [5.74, 6) is 0.488. The lowest BCUT2D eigenvalue weighted by Crippen LogP contribution is -2.49. The van der Waals surface area contributed by atoms with E-state index in [0.29, 0.717) is 28.8 Å². The van der Waals surface area contributed by atoms with Crippen LogP contribution in [0, 0.1) is 0 Å². The number of likely N-dealkylation sites (N-methyl/N-ethyl adjacent to an activating group) is 1. The molecule has 2 aromatic rings. The summed E-state index contributed by atoms with van der Waals surface area (Å²) in [5.41, 5.74) is -0.899. The van der Waals surface area contributed by atoms with Gasteiger partial charge in [-0.15, -0.1) is 0 Å². The highest BCUT2D eigenvalue weighted by molar-refractivity contribution is 9.10. The molecule has 0 bridgehead atoms. The summed E-state index contributed by atoms with van der Waals surface area (Å²) >= 11 is 13.3. The maximum atomic E-state index is 12.4. The summed E-state index contributed by atoms with van der Waals surface area (Å²) in [6, 6.07) is 7.95. The van der Waals surface area contributed by atoms with Gasteiger partial charge in [0.15, 0.2) is 5.75 Å². The van der Waals surface area contributed by atoms with E-state index >= 15 is 0 Å². The second-order valence-corrected chi connectivity index (χ2v) is 8.83. The first-order chi connectivity index (χ1) is 13.7. The summed E-state index contributed by atoms with van der Waals surface area (Å²) in [7, 11) is 2.91. The number of hydrogen-bond donors (Lipinski definition) is 2. The van der Waals surface area contributed by atoms with Crippen LogP contribution in [0.15, 0.2) is 34.8 Å². The fraction of sp³-hybridized carbons (Fsp3) is 0.278. The first-order valence-corrected chi connectivity index (χ1v) is 11.0. The molecular weight excluding hydrogens is 507 g/mol. The fourth-order valence-electron chi connectivity index (χ4n) is 2.97. The highest BCUT2D eigenvalue weighted by Crippen LogP contribution is 2.49. The molecule has 1 fully saturated rings. The monoisotopic (exact) mass is 522 g/mol. The van der Waals surface area contributed by atoms with E-state index in [1.165, 1.54) is 20.2 Å². The molecule has 11 heteroatoms. The molecule has 1 amide bonds. The number of nitrogens with zero attached hydrogens (tertiary/aromatic N) is 1. The van der Waals surface area contributed by atoms with Gasteiger partial charge in [-0.3, -0.25) is 9.35 Å². The molecule has 1 unspecified atom stereocenters. The number of hydrogen-bond acceptors (Lipinski definition) is 4. The highest BCUT2D eigenvalue weighted by Gasteiger charge is 2.57. The zero-order valence-electron chi connectivity index (χ0n) is 15.4. The van der Waals surface area contributed by atoms with Crippen molar-refractivity contribution in [1.29, 1.82) is 0 Å². The van der Waals surface area contributed by atoms with Crippen molar-refractivity contribution in [1.82, 2.24) is 5.32 Å². The van der Waals surface area contributed by atoms with E-state index in [1.54, 1.807) is 24.3 Å². The van der Waals surface area contributed by atoms with Crippen LogP contribution in [0.2, 0.25) is 10.0 Å². The van der Waals surface area contributed by atoms with Gasteiger partial charge in [0.1, 0.15) is 17.0 Å². The van der Waals surface area contributed by atoms with E-state index in [4.69, 9.17) is 32.7 Å². The van der Waals surface area contributed by atoms with Crippen molar-refractivity contribution >= 4 is 62.0 Å². The zero-order valence-corrected chi connectivity index (χ0v) is 19.3. The van der Waals surface area contributed by atoms with Crippen LogP contribution in [0.4, 0.5) is 5.69 Å². The number of rotatable bonds is 7. The summed E-state index contributed by atoms with van der Waals surface area (Å²) in [4.78, 5) is 12.4. The number of amides is 1. The van der Waals surface area contributed by atoms with Crippen molar-refractivity contribution in [2.24, 2.45) is 0 Å². The Kier molecular flexibility index (Phi) is 6.64. The predicted octanol–water partition coefficient (Wildman–Crippen LogP) is 4.78. The van der Waals surface area contributed by atoms with Gasteiger partial charge in [-0.2, -0.15) is 0 Å². The van der Waals surface area contributed by atoms with Gasteiger partial charge < -0.3 is 14.8 Å². The summed E-state index contributed by atoms with van der Waals surface area (Å²) in [6.45, 7) is 0. The lowest BCUT2D eigenvalue weighted by atomic mass is 10.2. The molecule has 1 aliphatic carbocycles. The molecule has 0 aliphatic heterocycles. The number of nitrogens with one attached hydrogen (secondary N) is 1. The number of methoxy groups -OCH3 is 1. The summed E-state index contributed by atoms with van der Waals surface area (Å²) < 4.78 is 35.2. The van der Waals surface area contributed by atoms with Crippen molar-refractivity contribution in [3.8, 4) is 17.2 Å². The molecule has 0 saturated heterocycles. The number of carbonyl (C=O) groups excluding carboxylic acids is 1. The minimum Gasteiger partial charge on any atom is -0.495 e. The van der Waals surface area contributed by atoms with Gasteiger partial charge in [-0.05, 0) is 37.1 Å². The van der Waals surface area contributed by atoms with Crippen LogP contribution in [0.5, 0.6) is 17.2 Å². The van der Waals surface area contributed by atoms with E-state index < -0.39 is 16.8 Å². The van der Waals surface area contributed by atoms with Crippen molar-refractivity contribution in [3.05, 3.63) is 44.8 Å². The molecule has 1 aliphatic rings. The van der Waals surface area contributed by atoms with E-state index in [9.17, 15) is 13.6 Å². The third kappa shape index (κ3) is 4.34. The molecule has 2 aromatic carbocycles. The normalized spacial score (nSPS) is 15.4. The van der Waals surface area contributed by atoms with Gasteiger partial charge >= 0.3 is 0 Å². The van der Waals surface area contributed by atoms with Crippen molar-refractivity contribution in [2.45, 2.75) is 18.4 Å². The Hall–Kier alpha value is -1.52. The number of carbonyl (C=O) groups is 1. The van der Waals surface area contributed by atoms with Crippen LogP contribution >= 0.6 is 39.1 Å². The van der Waals surface area contributed by atoms with Crippen LogP contribution < -0.4 is 19.1 Å². The molecular formula is C18H17BrCl2N2O5S. The minimum atomic E-state index is -2.48. The van der Waals surface area contributed by atoms with Gasteiger partial charge in [0.25, 0.3) is 11.3 Å². The molecule has 1 atom stereocenters. The van der Waals surface area contributed by atoms with Crippen LogP contribution in [0.25, 0.3) is 0 Å². The second kappa shape index (κ2) is 8.69. The third-order valence-corrected chi connectivity index (χ3v) is 6.35. The van der Waals surface area contributed by atoms with Crippen LogP contribution in [0.3, 0.4) is 0 Å². The van der Waals surface area contributed by atoms with E-state index in [-0.39, 0.29) is 27.4 Å². The van der Waals surface area contributed by atoms with E-state index in [1.807, 2.05) is 0 Å². The molecule has 0 spiro atoms. The van der Waals surface area contributed by atoms with Crippen molar-refractivity contribution in [2.75, 3.05) is 18.5 Å². The van der Waals surface area contributed by atoms with E-state index in [0.717, 1.165) is 4.31 Å². The second-order valence-electron chi connectivity index (χ2n) is 6.27. The molecule has 0 aromatic heterocycles. The molecule has 3 rings (SSSR count). The quantitative estimate of drug-likeness (QED) is 0.510. The van der Waals surface area contributed by atoms with Gasteiger partial charge in [-0.1, -0.05) is 39.1 Å². The SMILES string of the molecule is CNC(=O)C1(N(c2cc(Oc3c(Cl)cc(Br)cc3Cl)ccc2OC)S(=O)O)CC1. The van der Waals surface area contributed by atoms with Gasteiger partial charge in [0, 0.05) is 17.6 Å². The van der Waals surface area contributed by atoms with Crippen molar-refractivity contribution in [3.63, 3.8) is 0 Å². The topological polar surface area (TPSA) is 88.1 Å². The van der Waals surface area contributed by atoms with Crippen molar-refractivity contribution < 1.29 is 23.0 Å². The van der Waals surface area contributed by atoms with Gasteiger partial charge in [0.2, 0.25) is 5.91 Å². The zero-order chi connectivity index (χ0) is 21.3. The number of benzene rings is 2. The molecule has 0 radical (unpaired) electrons. The van der Waals surface area contributed by atoms with E-state index in [2.05, 4.69) is 21.2 Å². The maximum Gasteiger partial charge on any atom is 0.262 e. The first kappa shape index (κ1) is 22.2. The Morgan fingerprint density at radius 1 is 1.28 bits per heavy atom. The Labute approximate surface area is 188 Å². The average Bonchev–Trinajstić information content (AvgIpc) is 3.45. The Morgan fingerprint density at radius 2 is 1.90 bits per heavy atom. The first-order valence-electron chi connectivity index (χ1n) is 8.37. The third-order valence-electron chi connectivity index (χ3n) is 4.47. The van der Waals surface area contributed by atoms with Gasteiger partial charge in [0.05, 0.1) is 22.8 Å². The Morgan fingerprint density at radius 3 is 2.38 bits per heavy atom. The molecule has 0 heterocycles. The predicted molar refractivity (Wildman–Crippen MR) is 117 cm³/mol. The Bertz CT molecular complexity index is 964. The van der Waals surface area contributed by atoms with Gasteiger partial charge in [-0.25, -0.2) is 8.51 Å². The molecule has 2 N–H and O–H groups in total. The summed E-state index contributed by atoms with van der Waals surface area (Å²) in [5, 5.41) is 3.12. The molecule has 29 heavy (non-hydrogen) atoms. The highest BCUT2D eigenvalue weighted by atomic mass is 79.9. The largest absolute Gasteiger partial charge is 0.495 e. The maximum absolute atomic E-state index is 12.4. The number of halogens is 3. The average molecular weight is 524 g/mol. The van der Waals surface area contributed by atoms with Crippen LogP contribution in [0.1, 0.15) is 12.8 Å². The fourth-order valence-corrected chi connectivity index (χ4v) is 5.14.